The molecule has 0 aliphatic rings. The second-order valence-electron chi connectivity index (χ2n) is 21.3. The smallest absolute Gasteiger partial charge is 0.229 e. The van der Waals surface area contributed by atoms with E-state index in [0.29, 0.717) is 17.3 Å². The fraction of sp³-hybridized carbons (Fsp3) is 0. The van der Waals surface area contributed by atoms with Crippen molar-refractivity contribution in [2.75, 3.05) is 9.80 Å². The molecule has 0 atom stereocenters. The van der Waals surface area contributed by atoms with Crippen LogP contribution in [0, 0.1) is 0 Å². The van der Waals surface area contributed by atoms with Gasteiger partial charge in [-0.25, -0.2) is 19.9 Å². The lowest BCUT2D eigenvalue weighted by molar-refractivity contribution is 0.655. The van der Waals surface area contributed by atoms with Crippen molar-refractivity contribution in [1.82, 2.24) is 19.9 Å². The summed E-state index contributed by atoms with van der Waals surface area (Å²) in [6.45, 7) is 0. The van der Waals surface area contributed by atoms with Crippen LogP contribution < -0.4 is 9.80 Å². The first-order valence-electron chi connectivity index (χ1n) is 27.9. The highest BCUT2D eigenvalue weighted by Crippen LogP contribution is 2.50. The minimum Gasteiger partial charge on any atom is -0.456 e. The highest BCUT2D eigenvalue weighted by Gasteiger charge is 2.29. The number of para-hydroxylation sites is 4. The zero-order valence-corrected chi connectivity index (χ0v) is 44.6. The number of aromatic nitrogens is 4. The van der Waals surface area contributed by atoms with E-state index in [1.165, 1.54) is 0 Å². The van der Waals surface area contributed by atoms with E-state index in [4.69, 9.17) is 37.6 Å². The van der Waals surface area contributed by atoms with Crippen LogP contribution in [-0.4, -0.2) is 19.9 Å². The molecule has 0 unspecified atom stereocenters. The summed E-state index contributed by atoms with van der Waals surface area (Å²) >= 11 is 0. The van der Waals surface area contributed by atoms with Crippen molar-refractivity contribution >= 4 is 155 Å². The van der Waals surface area contributed by atoms with Crippen LogP contribution >= 0.6 is 0 Å². The quantitative estimate of drug-likeness (QED) is 0.146. The molecule has 8 aromatic heterocycles. The van der Waals surface area contributed by atoms with Crippen LogP contribution in [0.4, 0.5) is 34.5 Å². The van der Waals surface area contributed by atoms with E-state index in [1.54, 1.807) is 0 Å². The number of hydrogen-bond donors (Lipinski definition) is 0. The minimum atomic E-state index is 0.522. The van der Waals surface area contributed by atoms with Gasteiger partial charge in [0.2, 0.25) is 5.71 Å². The van der Waals surface area contributed by atoms with E-state index in [2.05, 4.69) is 168 Å². The first kappa shape index (κ1) is 46.2. The van der Waals surface area contributed by atoms with E-state index in [9.17, 15) is 0 Å². The Hall–Kier alpha value is -11.6. The van der Waals surface area contributed by atoms with Gasteiger partial charge in [-0.15, -0.1) is 0 Å². The lowest BCUT2D eigenvalue weighted by Crippen LogP contribution is -2.14. The fourth-order valence-corrected chi connectivity index (χ4v) is 12.9. The highest BCUT2D eigenvalue weighted by atomic mass is 16.3. The average Bonchev–Trinajstić information content (AvgIpc) is 3.77. The van der Waals surface area contributed by atoms with E-state index in [0.717, 1.165) is 160 Å². The average molecular weight is 1080 g/mol. The first-order valence-corrected chi connectivity index (χ1v) is 27.9. The Labute approximate surface area is 477 Å². The van der Waals surface area contributed by atoms with Gasteiger partial charge in [-0.3, -0.25) is 9.80 Å². The molecule has 0 saturated heterocycles. The monoisotopic (exact) mass is 1080 g/mol. The standard InChI is InChI=1S/C74H42N6O4/c1-2-13-45-40-50(29-28-43(45)12-1)79(71-67-54-16-5-8-21-60(54)81-63(67)31-35-75-71)59-30-34-78-74-66(59)57-20-11-19-53(70(57)84-74)47-26-24-44-25-27-48(39-49(44)38-47)58-42-51(41-46-14-3-4-15-52(46)58)80(72-68-55-17-6-9-22-61(55)82-64(68)32-36-76-72)73-69-56-18-7-10-23-62(56)83-65(69)33-37-77-73/h1-42H. The molecule has 0 fully saturated rings. The van der Waals surface area contributed by atoms with Crippen molar-refractivity contribution in [3.05, 3.63) is 255 Å². The van der Waals surface area contributed by atoms with Gasteiger partial charge in [-0.1, -0.05) is 152 Å². The van der Waals surface area contributed by atoms with Crippen LogP contribution in [0.5, 0.6) is 0 Å². The fourth-order valence-electron chi connectivity index (χ4n) is 12.9. The molecule has 0 spiro atoms. The molecular weight excluding hydrogens is 1040 g/mol. The normalized spacial score (nSPS) is 12.0. The topological polar surface area (TPSA) is 111 Å². The van der Waals surface area contributed by atoms with Crippen molar-refractivity contribution in [1.29, 1.82) is 0 Å². The molecule has 18 aromatic rings. The Morgan fingerprint density at radius 1 is 0.274 bits per heavy atom. The third-order valence-electron chi connectivity index (χ3n) is 16.6. The predicted molar refractivity (Wildman–Crippen MR) is 339 cm³/mol. The number of furan rings is 4. The molecule has 10 aromatic carbocycles. The largest absolute Gasteiger partial charge is 0.456 e. The van der Waals surface area contributed by atoms with Gasteiger partial charge >= 0.3 is 0 Å². The van der Waals surface area contributed by atoms with Crippen molar-refractivity contribution in [2.45, 2.75) is 0 Å². The van der Waals surface area contributed by atoms with Gasteiger partial charge in [0, 0.05) is 57.6 Å². The van der Waals surface area contributed by atoms with E-state index in [1.807, 2.05) is 97.6 Å². The molecule has 84 heavy (non-hydrogen) atoms. The molecule has 0 N–H and O–H groups in total. The summed E-state index contributed by atoms with van der Waals surface area (Å²) in [5.41, 5.74) is 12.6. The number of benzene rings is 10. The molecule has 0 radical (unpaired) electrons. The van der Waals surface area contributed by atoms with Gasteiger partial charge in [0.05, 0.1) is 32.9 Å². The number of fused-ring (bicyclic) bond motifs is 15. The van der Waals surface area contributed by atoms with Gasteiger partial charge in [0.1, 0.15) is 44.9 Å². The summed E-state index contributed by atoms with van der Waals surface area (Å²) < 4.78 is 26.4. The first-order chi connectivity index (χ1) is 41.6. The minimum absolute atomic E-state index is 0.522. The van der Waals surface area contributed by atoms with Crippen LogP contribution in [0.2, 0.25) is 0 Å². The Bertz CT molecular complexity index is 5640. The lowest BCUT2D eigenvalue weighted by Gasteiger charge is -2.26. The Morgan fingerprint density at radius 3 is 1.39 bits per heavy atom. The maximum absolute atomic E-state index is 6.96. The molecule has 10 nitrogen and oxygen atoms in total. The third-order valence-corrected chi connectivity index (χ3v) is 16.6. The molecule has 0 bridgehead atoms. The number of hydrogen-bond acceptors (Lipinski definition) is 10. The molecule has 18 rings (SSSR count). The van der Waals surface area contributed by atoms with Crippen molar-refractivity contribution < 1.29 is 17.7 Å². The molecule has 392 valence electrons. The van der Waals surface area contributed by atoms with E-state index >= 15 is 0 Å². The summed E-state index contributed by atoms with van der Waals surface area (Å²) in [4.78, 5) is 24.9. The SMILES string of the molecule is c1ccc2cc(N(c3nccc4oc5ccccc5c34)c3ccnc4oc5c(-c6ccc7ccc(-c8cc(N(c9nccc%10oc%11ccccc%11c9%10)c9nccc%10oc%11ccccc%11c9%10)cc9ccccc89)cc7c6)cccc5c34)ccc2c1. The molecule has 0 aliphatic heterocycles. The van der Waals surface area contributed by atoms with Gasteiger partial charge < -0.3 is 17.7 Å². The molecule has 0 aliphatic carbocycles. The predicted octanol–water partition coefficient (Wildman–Crippen LogP) is 20.6. The maximum atomic E-state index is 6.96. The van der Waals surface area contributed by atoms with Gasteiger partial charge in [-0.05, 0) is 128 Å². The molecular formula is C74H42N6O4. The lowest BCUT2D eigenvalue weighted by atomic mass is 9.93. The van der Waals surface area contributed by atoms with Gasteiger partial charge in [0.25, 0.3) is 0 Å². The summed E-state index contributed by atoms with van der Waals surface area (Å²) in [5, 5.41) is 14.0. The number of nitrogens with zero attached hydrogens (tertiary/aromatic N) is 6. The highest BCUT2D eigenvalue weighted by molar-refractivity contribution is 6.20. The molecule has 8 heterocycles. The summed E-state index contributed by atoms with van der Waals surface area (Å²) in [6, 6.07) is 80.0. The van der Waals surface area contributed by atoms with Gasteiger partial charge in [0.15, 0.2) is 11.6 Å². The third kappa shape index (κ3) is 6.98. The summed E-state index contributed by atoms with van der Waals surface area (Å²) in [6.07, 6.45) is 7.27. The summed E-state index contributed by atoms with van der Waals surface area (Å²) in [5.74, 6) is 2.12. The number of rotatable bonds is 8. The van der Waals surface area contributed by atoms with Crippen molar-refractivity contribution in [2.24, 2.45) is 0 Å². The zero-order valence-electron chi connectivity index (χ0n) is 44.6. The van der Waals surface area contributed by atoms with Crippen molar-refractivity contribution in [3.63, 3.8) is 0 Å². The van der Waals surface area contributed by atoms with E-state index in [-0.39, 0.29) is 0 Å². The zero-order chi connectivity index (χ0) is 55.0. The van der Waals surface area contributed by atoms with Crippen LogP contribution in [-0.2, 0) is 0 Å². The number of pyridine rings is 4. The summed E-state index contributed by atoms with van der Waals surface area (Å²) in [7, 11) is 0. The van der Waals surface area contributed by atoms with Gasteiger partial charge in [-0.2, -0.15) is 0 Å². The second kappa shape index (κ2) is 17.9. The van der Waals surface area contributed by atoms with Crippen LogP contribution in [0.25, 0.3) is 142 Å². The Balaban J connectivity index is 0.810. The molecule has 0 saturated carbocycles. The van der Waals surface area contributed by atoms with Crippen LogP contribution in [0.1, 0.15) is 0 Å². The van der Waals surface area contributed by atoms with Crippen molar-refractivity contribution in [3.8, 4) is 22.3 Å². The van der Waals surface area contributed by atoms with E-state index < -0.39 is 0 Å². The Kier molecular flexibility index (Phi) is 9.86. The second-order valence-corrected chi connectivity index (χ2v) is 21.3. The molecule has 10 heteroatoms. The number of anilines is 6. The molecule has 0 amide bonds. The van der Waals surface area contributed by atoms with Crippen LogP contribution in [0.3, 0.4) is 0 Å². The Morgan fingerprint density at radius 2 is 0.762 bits per heavy atom. The maximum Gasteiger partial charge on any atom is 0.229 e. The van der Waals surface area contributed by atoms with Crippen LogP contribution in [0.15, 0.2) is 273 Å².